The number of thiol groups is 1. The Balaban J connectivity index is 3.09. The van der Waals surface area contributed by atoms with Gasteiger partial charge in [0.25, 0.3) is 0 Å². The van der Waals surface area contributed by atoms with E-state index in [1.807, 2.05) is 6.92 Å². The van der Waals surface area contributed by atoms with Gasteiger partial charge in [-0.3, -0.25) is 0 Å². The lowest BCUT2D eigenvalue weighted by atomic mass is 10.1. The predicted octanol–water partition coefficient (Wildman–Crippen LogP) is 1.98. The fourth-order valence-electron chi connectivity index (χ4n) is 0.584. The van der Waals surface area contributed by atoms with Gasteiger partial charge in [-0.15, -0.1) is 0 Å². The third kappa shape index (κ3) is 4.79. The van der Waals surface area contributed by atoms with Gasteiger partial charge >= 0.3 is 0 Å². The van der Waals surface area contributed by atoms with E-state index in [1.165, 1.54) is 6.42 Å². The summed E-state index contributed by atoms with van der Waals surface area (Å²) in [6.45, 7) is 5.88. The molecule has 2 heteroatoms. The normalized spacial score (nSPS) is 13.7. The molecule has 0 fully saturated rings. The van der Waals surface area contributed by atoms with Crippen LogP contribution in [0.2, 0.25) is 0 Å². The van der Waals surface area contributed by atoms with E-state index in [0.29, 0.717) is 5.92 Å². The third-order valence-corrected chi connectivity index (χ3v) is 1.91. The monoisotopic (exact) mass is 148 g/mol. The van der Waals surface area contributed by atoms with E-state index in [2.05, 4.69) is 19.6 Å². The summed E-state index contributed by atoms with van der Waals surface area (Å²) in [4.78, 5) is 0. The fraction of sp³-hybridized carbons (Fsp3) is 1.00. The van der Waals surface area contributed by atoms with Crippen LogP contribution < -0.4 is 0 Å². The molecule has 0 heterocycles. The number of rotatable bonds is 5. The summed E-state index contributed by atoms with van der Waals surface area (Å²) in [5.74, 6) is 1.59. The Labute approximate surface area is 63.2 Å². The highest BCUT2D eigenvalue weighted by Crippen LogP contribution is 2.04. The lowest BCUT2D eigenvalue weighted by Crippen LogP contribution is -2.09. The molecule has 1 unspecified atom stereocenters. The van der Waals surface area contributed by atoms with Gasteiger partial charge in [-0.2, -0.15) is 12.6 Å². The van der Waals surface area contributed by atoms with Crippen LogP contribution in [-0.2, 0) is 4.74 Å². The molecule has 0 aliphatic carbocycles. The van der Waals surface area contributed by atoms with Crippen molar-refractivity contribution >= 4 is 12.6 Å². The van der Waals surface area contributed by atoms with Crippen molar-refractivity contribution in [2.45, 2.75) is 20.3 Å². The molecule has 0 rings (SSSR count). The number of ether oxygens (including phenoxy) is 1. The van der Waals surface area contributed by atoms with Gasteiger partial charge in [0.05, 0.1) is 6.61 Å². The molecule has 0 saturated heterocycles. The van der Waals surface area contributed by atoms with E-state index < -0.39 is 0 Å². The Hall–Kier alpha value is 0.310. The molecule has 1 atom stereocenters. The standard InChI is InChI=1S/C7H16OS/c1-3-7(6-9)5-8-4-2/h7,9H,3-6H2,1-2H3. The number of hydrogen-bond acceptors (Lipinski definition) is 2. The van der Waals surface area contributed by atoms with Crippen LogP contribution in [0, 0.1) is 5.92 Å². The van der Waals surface area contributed by atoms with Crippen molar-refractivity contribution in [2.24, 2.45) is 5.92 Å². The molecule has 0 aromatic carbocycles. The lowest BCUT2D eigenvalue weighted by Gasteiger charge is -2.09. The van der Waals surface area contributed by atoms with Crippen molar-refractivity contribution in [1.29, 1.82) is 0 Å². The summed E-state index contributed by atoms with van der Waals surface area (Å²) in [5.41, 5.74) is 0. The molecule has 0 amide bonds. The van der Waals surface area contributed by atoms with E-state index in [1.54, 1.807) is 0 Å². The van der Waals surface area contributed by atoms with E-state index in [-0.39, 0.29) is 0 Å². The second-order valence-electron chi connectivity index (χ2n) is 2.12. The van der Waals surface area contributed by atoms with Crippen LogP contribution in [0.3, 0.4) is 0 Å². The average Bonchev–Trinajstić information content (AvgIpc) is 1.91. The highest BCUT2D eigenvalue weighted by atomic mass is 32.1. The summed E-state index contributed by atoms with van der Waals surface area (Å²) < 4.78 is 5.23. The Morgan fingerprint density at radius 1 is 1.44 bits per heavy atom. The van der Waals surface area contributed by atoms with Crippen LogP contribution in [0.15, 0.2) is 0 Å². The Morgan fingerprint density at radius 3 is 2.44 bits per heavy atom. The summed E-state index contributed by atoms with van der Waals surface area (Å²) in [6, 6.07) is 0. The molecule has 9 heavy (non-hydrogen) atoms. The zero-order valence-corrected chi connectivity index (χ0v) is 7.16. The molecule has 1 nitrogen and oxygen atoms in total. The van der Waals surface area contributed by atoms with Gasteiger partial charge in [0.15, 0.2) is 0 Å². The van der Waals surface area contributed by atoms with Crippen molar-refractivity contribution in [3.05, 3.63) is 0 Å². The molecule has 0 aliphatic heterocycles. The van der Waals surface area contributed by atoms with Crippen molar-refractivity contribution in [3.8, 4) is 0 Å². The lowest BCUT2D eigenvalue weighted by molar-refractivity contribution is 0.116. The highest BCUT2D eigenvalue weighted by Gasteiger charge is 2.01. The van der Waals surface area contributed by atoms with Gasteiger partial charge in [-0.05, 0) is 18.6 Å². The van der Waals surface area contributed by atoms with Crippen molar-refractivity contribution in [2.75, 3.05) is 19.0 Å². The average molecular weight is 148 g/mol. The second-order valence-corrected chi connectivity index (χ2v) is 2.48. The first-order valence-electron chi connectivity index (χ1n) is 3.53. The minimum absolute atomic E-state index is 0.647. The molecule has 0 aliphatic rings. The smallest absolute Gasteiger partial charge is 0.0501 e. The first kappa shape index (κ1) is 9.31. The fourth-order valence-corrected chi connectivity index (χ4v) is 0.948. The molecule has 0 bridgehead atoms. The second kappa shape index (κ2) is 6.43. The van der Waals surface area contributed by atoms with Gasteiger partial charge in [-0.25, -0.2) is 0 Å². The zero-order valence-electron chi connectivity index (χ0n) is 6.26. The Bertz CT molecular complexity index is 52.9. The van der Waals surface area contributed by atoms with E-state index >= 15 is 0 Å². The molecule has 0 aromatic rings. The Morgan fingerprint density at radius 2 is 2.11 bits per heavy atom. The maximum atomic E-state index is 5.23. The van der Waals surface area contributed by atoms with E-state index in [4.69, 9.17) is 4.74 Å². The molecule has 0 radical (unpaired) electrons. The van der Waals surface area contributed by atoms with Gasteiger partial charge in [0, 0.05) is 6.61 Å². The van der Waals surface area contributed by atoms with Crippen LogP contribution in [0.25, 0.3) is 0 Å². The van der Waals surface area contributed by atoms with Crippen LogP contribution in [-0.4, -0.2) is 19.0 Å². The minimum atomic E-state index is 0.647. The van der Waals surface area contributed by atoms with Gasteiger partial charge in [0.1, 0.15) is 0 Å². The highest BCUT2D eigenvalue weighted by molar-refractivity contribution is 7.80. The van der Waals surface area contributed by atoms with Crippen molar-refractivity contribution in [3.63, 3.8) is 0 Å². The maximum absolute atomic E-state index is 5.23. The molecular weight excluding hydrogens is 132 g/mol. The van der Waals surface area contributed by atoms with Crippen LogP contribution in [0.4, 0.5) is 0 Å². The molecule has 56 valence electrons. The van der Waals surface area contributed by atoms with Gasteiger partial charge < -0.3 is 4.74 Å². The topological polar surface area (TPSA) is 9.23 Å². The SMILES string of the molecule is CCOCC(CC)CS. The molecule has 0 aromatic heterocycles. The quantitative estimate of drug-likeness (QED) is 0.586. The zero-order chi connectivity index (χ0) is 7.11. The van der Waals surface area contributed by atoms with Crippen molar-refractivity contribution in [1.82, 2.24) is 0 Å². The minimum Gasteiger partial charge on any atom is -0.381 e. The largest absolute Gasteiger partial charge is 0.381 e. The van der Waals surface area contributed by atoms with Gasteiger partial charge in [0.2, 0.25) is 0 Å². The first-order chi connectivity index (χ1) is 4.35. The maximum Gasteiger partial charge on any atom is 0.0501 e. The third-order valence-electron chi connectivity index (χ3n) is 1.39. The Kier molecular flexibility index (Phi) is 6.65. The number of hydrogen-bond donors (Lipinski definition) is 1. The molecular formula is C7H16OS. The summed E-state index contributed by atoms with van der Waals surface area (Å²) in [5, 5.41) is 0. The summed E-state index contributed by atoms with van der Waals surface area (Å²) in [6.07, 6.45) is 1.17. The van der Waals surface area contributed by atoms with Crippen LogP contribution in [0.1, 0.15) is 20.3 Å². The molecule has 0 N–H and O–H groups in total. The molecule has 0 saturated carbocycles. The van der Waals surface area contributed by atoms with Gasteiger partial charge in [-0.1, -0.05) is 13.3 Å². The summed E-state index contributed by atoms with van der Waals surface area (Å²) in [7, 11) is 0. The first-order valence-corrected chi connectivity index (χ1v) is 4.16. The van der Waals surface area contributed by atoms with Crippen molar-refractivity contribution < 1.29 is 4.74 Å². The van der Waals surface area contributed by atoms with E-state index in [0.717, 1.165) is 19.0 Å². The molecule has 0 spiro atoms. The van der Waals surface area contributed by atoms with E-state index in [9.17, 15) is 0 Å². The summed E-state index contributed by atoms with van der Waals surface area (Å²) >= 11 is 4.19. The van der Waals surface area contributed by atoms with Crippen LogP contribution >= 0.6 is 12.6 Å². The van der Waals surface area contributed by atoms with Crippen LogP contribution in [0.5, 0.6) is 0 Å². The predicted molar refractivity (Wildman–Crippen MR) is 44.1 cm³/mol.